The van der Waals surface area contributed by atoms with Crippen molar-refractivity contribution >= 4 is 8.24 Å². The summed E-state index contributed by atoms with van der Waals surface area (Å²) in [5.41, 5.74) is 1.06. The Morgan fingerprint density at radius 3 is 1.92 bits per heavy atom. The van der Waals surface area contributed by atoms with Gasteiger partial charge < -0.3 is 4.57 Å². The second-order valence-corrected chi connectivity index (χ2v) is 9.90. The number of hydrogen-bond donors (Lipinski definition) is 0. The summed E-state index contributed by atoms with van der Waals surface area (Å²) < 4.78 is 2.52. The van der Waals surface area contributed by atoms with Crippen LogP contribution in [0, 0.1) is 0 Å². The maximum absolute atomic E-state index is 2.52. The smallest absolute Gasteiger partial charge is 0.124 e. The summed E-state index contributed by atoms with van der Waals surface area (Å²) in [5, 5.41) is 0. The molecule has 0 radical (unpaired) electrons. The molecule has 0 aromatic heterocycles. The van der Waals surface area contributed by atoms with Gasteiger partial charge in [0.15, 0.2) is 0 Å². The van der Waals surface area contributed by atoms with Crippen LogP contribution in [0.3, 0.4) is 0 Å². The predicted molar refractivity (Wildman–Crippen MR) is 58.0 cm³/mol. The molecule has 0 amide bonds. The molecule has 1 aliphatic rings. The molecule has 0 aromatic rings. The standard InChI is InChI=1S/C10H23NSi/c1-11(2)12(3,4)10-8-6-5-7-9-10/h10H,5-9H2,1-4H3. The van der Waals surface area contributed by atoms with Crippen molar-refractivity contribution in [3.63, 3.8) is 0 Å². The minimum Gasteiger partial charge on any atom is -0.329 e. The Morgan fingerprint density at radius 2 is 1.50 bits per heavy atom. The van der Waals surface area contributed by atoms with Crippen molar-refractivity contribution in [2.24, 2.45) is 0 Å². The third-order valence-corrected chi connectivity index (χ3v) is 8.64. The fraction of sp³-hybridized carbons (Fsp3) is 1.00. The van der Waals surface area contributed by atoms with Gasteiger partial charge in [-0.1, -0.05) is 45.2 Å². The summed E-state index contributed by atoms with van der Waals surface area (Å²) in [5.74, 6) is 0. The van der Waals surface area contributed by atoms with Crippen LogP contribution in [0.1, 0.15) is 32.1 Å². The molecule has 0 saturated heterocycles. The topological polar surface area (TPSA) is 3.24 Å². The molecule has 1 fully saturated rings. The molecule has 0 atom stereocenters. The fourth-order valence-corrected chi connectivity index (χ4v) is 4.73. The molecule has 1 nitrogen and oxygen atoms in total. The Hall–Kier alpha value is 0.177. The number of rotatable bonds is 2. The summed E-state index contributed by atoms with van der Waals surface area (Å²) in [4.78, 5) is 0. The van der Waals surface area contributed by atoms with Crippen LogP contribution in [0.25, 0.3) is 0 Å². The number of hydrogen-bond acceptors (Lipinski definition) is 1. The molecular weight excluding hydrogens is 162 g/mol. The zero-order valence-corrected chi connectivity index (χ0v) is 10.1. The second kappa shape index (κ2) is 3.92. The van der Waals surface area contributed by atoms with Gasteiger partial charge in [0.2, 0.25) is 0 Å². The van der Waals surface area contributed by atoms with Crippen molar-refractivity contribution in [2.75, 3.05) is 14.1 Å². The highest BCUT2D eigenvalue weighted by molar-refractivity contribution is 6.76. The van der Waals surface area contributed by atoms with Crippen LogP contribution in [0.4, 0.5) is 0 Å². The van der Waals surface area contributed by atoms with E-state index in [0.717, 1.165) is 5.54 Å². The molecule has 0 N–H and O–H groups in total. The first-order valence-corrected chi connectivity index (χ1v) is 8.25. The van der Waals surface area contributed by atoms with Gasteiger partial charge in [0.25, 0.3) is 0 Å². The minimum atomic E-state index is -1.05. The van der Waals surface area contributed by atoms with Crippen molar-refractivity contribution in [3.05, 3.63) is 0 Å². The molecule has 0 spiro atoms. The Kier molecular flexibility index (Phi) is 3.35. The molecule has 0 aromatic carbocycles. The van der Waals surface area contributed by atoms with Crippen molar-refractivity contribution in [1.82, 2.24) is 4.57 Å². The van der Waals surface area contributed by atoms with Crippen molar-refractivity contribution in [1.29, 1.82) is 0 Å². The first-order valence-electron chi connectivity index (χ1n) is 5.22. The maximum Gasteiger partial charge on any atom is 0.124 e. The molecule has 1 saturated carbocycles. The quantitative estimate of drug-likeness (QED) is 0.598. The van der Waals surface area contributed by atoms with E-state index in [0.29, 0.717) is 0 Å². The fourth-order valence-electron chi connectivity index (χ4n) is 2.17. The highest BCUT2D eigenvalue weighted by Crippen LogP contribution is 2.37. The summed E-state index contributed by atoms with van der Waals surface area (Å²) >= 11 is 0. The van der Waals surface area contributed by atoms with Gasteiger partial charge in [-0.15, -0.1) is 0 Å². The van der Waals surface area contributed by atoms with Gasteiger partial charge in [0, 0.05) is 0 Å². The second-order valence-electron chi connectivity index (χ2n) is 4.88. The molecule has 0 aliphatic heterocycles. The lowest BCUT2D eigenvalue weighted by Gasteiger charge is -2.40. The summed E-state index contributed by atoms with van der Waals surface area (Å²) in [6.45, 7) is 5.03. The van der Waals surface area contributed by atoms with E-state index < -0.39 is 8.24 Å². The monoisotopic (exact) mass is 185 g/mol. The van der Waals surface area contributed by atoms with E-state index in [9.17, 15) is 0 Å². The van der Waals surface area contributed by atoms with Crippen LogP contribution in [0.15, 0.2) is 0 Å². The first kappa shape index (κ1) is 10.3. The highest BCUT2D eigenvalue weighted by Gasteiger charge is 2.34. The summed E-state index contributed by atoms with van der Waals surface area (Å²) in [6.07, 6.45) is 7.44. The van der Waals surface area contributed by atoms with Gasteiger partial charge in [0.05, 0.1) is 0 Å². The van der Waals surface area contributed by atoms with Crippen molar-refractivity contribution in [2.45, 2.75) is 50.7 Å². The SMILES string of the molecule is CN(C)[Si](C)(C)C1CCCCC1. The Bertz CT molecular complexity index is 137. The van der Waals surface area contributed by atoms with E-state index in [1.807, 2.05) is 0 Å². The van der Waals surface area contributed by atoms with E-state index in [2.05, 4.69) is 31.8 Å². The van der Waals surface area contributed by atoms with Gasteiger partial charge in [-0.3, -0.25) is 0 Å². The summed E-state index contributed by atoms with van der Waals surface area (Å²) in [6, 6.07) is 0. The predicted octanol–water partition coefficient (Wildman–Crippen LogP) is 3.09. The van der Waals surface area contributed by atoms with Gasteiger partial charge >= 0.3 is 0 Å². The van der Waals surface area contributed by atoms with Gasteiger partial charge in [-0.25, -0.2) is 0 Å². The maximum atomic E-state index is 2.52. The average Bonchev–Trinajstić information content (AvgIpc) is 2.06. The van der Waals surface area contributed by atoms with E-state index >= 15 is 0 Å². The van der Waals surface area contributed by atoms with Crippen LogP contribution in [-0.2, 0) is 0 Å². The largest absolute Gasteiger partial charge is 0.329 e. The zero-order valence-electron chi connectivity index (χ0n) is 9.06. The Morgan fingerprint density at radius 1 is 1.00 bits per heavy atom. The van der Waals surface area contributed by atoms with Crippen molar-refractivity contribution in [3.8, 4) is 0 Å². The molecule has 2 heteroatoms. The molecule has 12 heavy (non-hydrogen) atoms. The lowest BCUT2D eigenvalue weighted by Crippen LogP contribution is -2.48. The zero-order chi connectivity index (χ0) is 9.19. The molecule has 0 unspecified atom stereocenters. The Labute approximate surface area is 78.2 Å². The number of nitrogens with zero attached hydrogens (tertiary/aromatic N) is 1. The lowest BCUT2D eigenvalue weighted by molar-refractivity contribution is 0.462. The molecule has 1 rings (SSSR count). The van der Waals surface area contributed by atoms with Crippen molar-refractivity contribution < 1.29 is 0 Å². The van der Waals surface area contributed by atoms with Crippen LogP contribution in [-0.4, -0.2) is 26.9 Å². The molecule has 0 heterocycles. The van der Waals surface area contributed by atoms with E-state index in [-0.39, 0.29) is 0 Å². The van der Waals surface area contributed by atoms with E-state index in [1.165, 1.54) is 32.1 Å². The molecule has 0 bridgehead atoms. The third-order valence-electron chi connectivity index (χ3n) is 3.76. The minimum absolute atomic E-state index is 1.05. The van der Waals surface area contributed by atoms with Crippen LogP contribution >= 0.6 is 0 Å². The summed E-state index contributed by atoms with van der Waals surface area (Å²) in [7, 11) is 3.48. The van der Waals surface area contributed by atoms with Gasteiger partial charge in [-0.05, 0) is 19.6 Å². The van der Waals surface area contributed by atoms with Crippen LogP contribution in [0.5, 0.6) is 0 Å². The molecular formula is C10H23NSi. The Balaban J connectivity index is 2.53. The van der Waals surface area contributed by atoms with E-state index in [1.54, 1.807) is 0 Å². The first-order chi connectivity index (χ1) is 5.55. The average molecular weight is 185 g/mol. The molecule has 1 aliphatic carbocycles. The van der Waals surface area contributed by atoms with Gasteiger partial charge in [-0.2, -0.15) is 0 Å². The molecule has 72 valence electrons. The normalized spacial score (nSPS) is 21.8. The third kappa shape index (κ3) is 2.11. The van der Waals surface area contributed by atoms with Gasteiger partial charge in [0.1, 0.15) is 8.24 Å². The van der Waals surface area contributed by atoms with E-state index in [4.69, 9.17) is 0 Å². The lowest BCUT2D eigenvalue weighted by atomic mass is 10.0. The highest BCUT2D eigenvalue weighted by atomic mass is 28.3. The van der Waals surface area contributed by atoms with Crippen LogP contribution < -0.4 is 0 Å². The van der Waals surface area contributed by atoms with Crippen LogP contribution in [0.2, 0.25) is 18.6 Å².